The lowest BCUT2D eigenvalue weighted by Crippen LogP contribution is -2.61. The number of hydrogen-bond donors (Lipinski definition) is 1. The van der Waals surface area contributed by atoms with E-state index in [1.54, 1.807) is 23.9 Å². The first-order valence-corrected chi connectivity index (χ1v) is 6.54. The Hall–Kier alpha value is -1.10. The number of likely N-dealkylation sites (N-methyl/N-ethyl adjacent to an activating group) is 1. The maximum atomic E-state index is 12.5. The van der Waals surface area contributed by atoms with Crippen molar-refractivity contribution in [1.82, 2.24) is 15.1 Å². The first-order chi connectivity index (χ1) is 8.31. The van der Waals surface area contributed by atoms with Crippen LogP contribution in [0, 0.1) is 5.41 Å². The third-order valence-electron chi connectivity index (χ3n) is 3.69. The van der Waals surface area contributed by atoms with E-state index in [1.807, 2.05) is 20.8 Å². The molecular weight excluding hydrogens is 230 g/mol. The molecule has 0 aromatic rings. The van der Waals surface area contributed by atoms with E-state index in [-0.39, 0.29) is 17.9 Å². The van der Waals surface area contributed by atoms with Gasteiger partial charge in [-0.05, 0) is 6.42 Å². The molecule has 1 rings (SSSR count). The molecule has 1 aliphatic rings. The normalized spacial score (nSPS) is 20.7. The molecule has 1 fully saturated rings. The van der Waals surface area contributed by atoms with Crippen LogP contribution in [0.3, 0.4) is 0 Å². The number of nitrogens with one attached hydrogen (secondary N) is 1. The highest BCUT2D eigenvalue weighted by Gasteiger charge is 2.38. The van der Waals surface area contributed by atoms with Crippen LogP contribution in [0.5, 0.6) is 0 Å². The van der Waals surface area contributed by atoms with Crippen LogP contribution in [0.25, 0.3) is 0 Å². The molecule has 0 bridgehead atoms. The Morgan fingerprint density at radius 1 is 1.39 bits per heavy atom. The van der Waals surface area contributed by atoms with Crippen molar-refractivity contribution in [2.45, 2.75) is 33.2 Å². The zero-order chi connectivity index (χ0) is 13.9. The van der Waals surface area contributed by atoms with Crippen molar-refractivity contribution in [2.24, 2.45) is 5.41 Å². The monoisotopic (exact) mass is 255 g/mol. The average molecular weight is 255 g/mol. The zero-order valence-electron chi connectivity index (χ0n) is 12.1. The fraction of sp³-hybridized carbons (Fsp3) is 0.846. The molecule has 1 unspecified atom stereocenters. The number of nitrogens with zero attached hydrogens (tertiary/aromatic N) is 2. The van der Waals surface area contributed by atoms with Gasteiger partial charge in [-0.2, -0.15) is 0 Å². The van der Waals surface area contributed by atoms with Gasteiger partial charge in [-0.1, -0.05) is 20.8 Å². The molecule has 0 aliphatic carbocycles. The maximum absolute atomic E-state index is 12.5. The van der Waals surface area contributed by atoms with Crippen LogP contribution in [0.4, 0.5) is 0 Å². The third-order valence-corrected chi connectivity index (χ3v) is 3.69. The predicted octanol–water partition coefficient (Wildman–Crippen LogP) is 0.311. The number of carbonyl (C=O) groups excluding carboxylic acids is 2. The topological polar surface area (TPSA) is 52.7 Å². The Balaban J connectivity index is 2.89. The summed E-state index contributed by atoms with van der Waals surface area (Å²) in [5.41, 5.74) is -0.401. The molecule has 1 heterocycles. The summed E-state index contributed by atoms with van der Waals surface area (Å²) in [6.07, 6.45) is 0.776. The Morgan fingerprint density at radius 2 is 2.00 bits per heavy atom. The van der Waals surface area contributed by atoms with E-state index in [9.17, 15) is 9.59 Å². The quantitative estimate of drug-likeness (QED) is 0.790. The van der Waals surface area contributed by atoms with Gasteiger partial charge in [0.15, 0.2) is 0 Å². The summed E-state index contributed by atoms with van der Waals surface area (Å²) in [5.74, 6) is 0.0640. The molecule has 0 spiro atoms. The van der Waals surface area contributed by atoms with E-state index in [2.05, 4.69) is 5.32 Å². The second-order valence-corrected chi connectivity index (χ2v) is 5.69. The zero-order valence-corrected chi connectivity index (χ0v) is 12.1. The molecule has 104 valence electrons. The van der Waals surface area contributed by atoms with E-state index < -0.39 is 5.41 Å². The van der Waals surface area contributed by atoms with Gasteiger partial charge in [0.2, 0.25) is 11.8 Å². The van der Waals surface area contributed by atoms with Crippen molar-refractivity contribution in [2.75, 3.05) is 33.7 Å². The van der Waals surface area contributed by atoms with E-state index in [4.69, 9.17) is 0 Å². The van der Waals surface area contributed by atoms with Crippen LogP contribution in [0.2, 0.25) is 0 Å². The molecule has 0 radical (unpaired) electrons. The van der Waals surface area contributed by atoms with E-state index in [0.717, 1.165) is 13.0 Å². The third kappa shape index (κ3) is 3.02. The molecule has 0 saturated carbocycles. The summed E-state index contributed by atoms with van der Waals surface area (Å²) in [4.78, 5) is 27.9. The van der Waals surface area contributed by atoms with Crippen molar-refractivity contribution in [1.29, 1.82) is 0 Å². The summed E-state index contributed by atoms with van der Waals surface area (Å²) in [7, 11) is 3.45. The Labute approximate surface area is 110 Å². The number of piperazine rings is 1. The number of carbonyl (C=O) groups is 2. The minimum atomic E-state index is -0.401. The van der Waals surface area contributed by atoms with Crippen LogP contribution >= 0.6 is 0 Å². The minimum absolute atomic E-state index is 0.0116. The van der Waals surface area contributed by atoms with Crippen LogP contribution < -0.4 is 5.32 Å². The number of rotatable bonds is 3. The largest absolute Gasteiger partial charge is 0.347 e. The lowest BCUT2D eigenvalue weighted by molar-refractivity contribution is -0.151. The second-order valence-electron chi connectivity index (χ2n) is 5.69. The van der Waals surface area contributed by atoms with Crippen LogP contribution in [-0.2, 0) is 9.59 Å². The molecule has 1 aliphatic heterocycles. The van der Waals surface area contributed by atoms with E-state index in [1.165, 1.54) is 0 Å². The molecular formula is C13H25N3O2. The lowest BCUT2D eigenvalue weighted by atomic mass is 9.87. The summed E-state index contributed by atoms with van der Waals surface area (Å²) < 4.78 is 0. The van der Waals surface area contributed by atoms with E-state index >= 15 is 0 Å². The van der Waals surface area contributed by atoms with Gasteiger partial charge in [-0.25, -0.2) is 0 Å². The minimum Gasteiger partial charge on any atom is -0.347 e. The fourth-order valence-corrected chi connectivity index (χ4v) is 2.01. The lowest BCUT2D eigenvalue weighted by Gasteiger charge is -2.40. The SMILES string of the molecule is CCC(C)(C)C(=O)N1CCNCC1C(=O)N(C)C. The van der Waals surface area contributed by atoms with Crippen molar-refractivity contribution < 1.29 is 9.59 Å². The summed E-state index contributed by atoms with van der Waals surface area (Å²) >= 11 is 0. The van der Waals surface area contributed by atoms with Gasteiger partial charge in [0.25, 0.3) is 0 Å². The van der Waals surface area contributed by atoms with Gasteiger partial charge in [0.05, 0.1) is 0 Å². The van der Waals surface area contributed by atoms with Gasteiger partial charge in [-0.3, -0.25) is 9.59 Å². The summed E-state index contributed by atoms with van der Waals surface area (Å²) in [6, 6.07) is -0.368. The van der Waals surface area contributed by atoms with Gasteiger partial charge < -0.3 is 15.1 Å². The van der Waals surface area contributed by atoms with Gasteiger partial charge >= 0.3 is 0 Å². The highest BCUT2D eigenvalue weighted by Crippen LogP contribution is 2.25. The standard InChI is InChI=1S/C13H25N3O2/c1-6-13(2,3)12(18)16-8-7-14-9-10(16)11(17)15(4)5/h10,14H,6-9H2,1-5H3. The molecule has 1 saturated heterocycles. The molecule has 1 N–H and O–H groups in total. The maximum Gasteiger partial charge on any atom is 0.246 e. The Kier molecular flexibility index (Phi) is 4.73. The highest BCUT2D eigenvalue weighted by molar-refractivity contribution is 5.90. The average Bonchev–Trinajstić information content (AvgIpc) is 2.36. The highest BCUT2D eigenvalue weighted by atomic mass is 16.2. The number of hydrogen-bond acceptors (Lipinski definition) is 3. The molecule has 0 aromatic heterocycles. The van der Waals surface area contributed by atoms with Crippen molar-refractivity contribution >= 4 is 11.8 Å². The molecule has 2 amide bonds. The van der Waals surface area contributed by atoms with Crippen LogP contribution in [-0.4, -0.2) is 61.4 Å². The van der Waals surface area contributed by atoms with Crippen LogP contribution in [0.1, 0.15) is 27.2 Å². The molecule has 5 heteroatoms. The predicted molar refractivity (Wildman–Crippen MR) is 71.1 cm³/mol. The summed E-state index contributed by atoms with van der Waals surface area (Å²) in [5, 5.41) is 3.18. The summed E-state index contributed by atoms with van der Waals surface area (Å²) in [6.45, 7) is 7.78. The van der Waals surface area contributed by atoms with Crippen molar-refractivity contribution in [3.8, 4) is 0 Å². The first-order valence-electron chi connectivity index (χ1n) is 6.54. The fourth-order valence-electron chi connectivity index (χ4n) is 2.01. The van der Waals surface area contributed by atoms with Crippen LogP contribution in [0.15, 0.2) is 0 Å². The smallest absolute Gasteiger partial charge is 0.246 e. The Morgan fingerprint density at radius 3 is 2.50 bits per heavy atom. The first kappa shape index (κ1) is 15.0. The molecule has 1 atom stereocenters. The second kappa shape index (κ2) is 5.69. The number of amides is 2. The Bertz CT molecular complexity index is 326. The van der Waals surface area contributed by atoms with Gasteiger partial charge in [-0.15, -0.1) is 0 Å². The van der Waals surface area contributed by atoms with E-state index in [0.29, 0.717) is 13.1 Å². The molecule has 5 nitrogen and oxygen atoms in total. The molecule has 0 aromatic carbocycles. The van der Waals surface area contributed by atoms with Crippen molar-refractivity contribution in [3.05, 3.63) is 0 Å². The van der Waals surface area contributed by atoms with Crippen molar-refractivity contribution in [3.63, 3.8) is 0 Å². The van der Waals surface area contributed by atoms with Gasteiger partial charge in [0, 0.05) is 39.1 Å². The molecule has 18 heavy (non-hydrogen) atoms. The van der Waals surface area contributed by atoms with Gasteiger partial charge in [0.1, 0.15) is 6.04 Å².